The number of hydrogen-bond acceptors (Lipinski definition) is 2. The molecule has 0 aromatic heterocycles. The molecule has 1 atom stereocenters. The average molecular weight is 247 g/mol. The van der Waals surface area contributed by atoms with Crippen LogP contribution in [0.1, 0.15) is 42.4 Å². The Morgan fingerprint density at radius 3 is 2.83 bits per heavy atom. The van der Waals surface area contributed by atoms with Crippen molar-refractivity contribution < 1.29 is 9.90 Å². The van der Waals surface area contributed by atoms with E-state index in [0.29, 0.717) is 6.42 Å². The monoisotopic (exact) mass is 247 g/mol. The second-order valence-electron chi connectivity index (χ2n) is 5.15. The maximum atomic E-state index is 10.6. The smallest absolute Gasteiger partial charge is 0.320 e. The van der Waals surface area contributed by atoms with Crippen molar-refractivity contribution in [2.24, 2.45) is 5.73 Å². The van der Waals surface area contributed by atoms with E-state index in [1.807, 2.05) is 0 Å². The molecule has 1 unspecified atom stereocenters. The SMILES string of the molecule is NC(CCCCc1ccc2c(c1)CCC2)C(=O)O. The van der Waals surface area contributed by atoms with E-state index in [-0.39, 0.29) is 0 Å². The van der Waals surface area contributed by atoms with Crippen LogP contribution in [0.2, 0.25) is 0 Å². The van der Waals surface area contributed by atoms with Crippen molar-refractivity contribution in [1.82, 2.24) is 0 Å². The van der Waals surface area contributed by atoms with Crippen LogP contribution in [0, 0.1) is 0 Å². The Labute approximate surface area is 108 Å². The van der Waals surface area contributed by atoms with E-state index >= 15 is 0 Å². The van der Waals surface area contributed by atoms with Gasteiger partial charge in [0.15, 0.2) is 0 Å². The molecule has 0 amide bonds. The molecule has 98 valence electrons. The summed E-state index contributed by atoms with van der Waals surface area (Å²) >= 11 is 0. The van der Waals surface area contributed by atoms with Gasteiger partial charge >= 0.3 is 5.97 Å². The number of unbranched alkanes of at least 4 members (excludes halogenated alkanes) is 1. The molecule has 3 nitrogen and oxygen atoms in total. The van der Waals surface area contributed by atoms with Gasteiger partial charge < -0.3 is 10.8 Å². The van der Waals surface area contributed by atoms with Gasteiger partial charge in [-0.2, -0.15) is 0 Å². The molecule has 1 aliphatic carbocycles. The second-order valence-corrected chi connectivity index (χ2v) is 5.15. The number of carboxylic acid groups (broad SMARTS) is 1. The van der Waals surface area contributed by atoms with Crippen molar-refractivity contribution in [2.75, 3.05) is 0 Å². The summed E-state index contributed by atoms with van der Waals surface area (Å²) in [5.41, 5.74) is 9.86. The van der Waals surface area contributed by atoms with Gasteiger partial charge in [0.2, 0.25) is 0 Å². The molecule has 0 saturated carbocycles. The van der Waals surface area contributed by atoms with Crippen LogP contribution in [0.15, 0.2) is 18.2 Å². The fourth-order valence-corrected chi connectivity index (χ4v) is 2.60. The minimum Gasteiger partial charge on any atom is -0.480 e. The molecule has 1 aromatic rings. The number of fused-ring (bicyclic) bond motifs is 1. The summed E-state index contributed by atoms with van der Waals surface area (Å²) in [7, 11) is 0. The zero-order valence-electron chi connectivity index (χ0n) is 10.7. The van der Waals surface area contributed by atoms with Gasteiger partial charge in [0.05, 0.1) is 0 Å². The van der Waals surface area contributed by atoms with Crippen molar-refractivity contribution in [3.8, 4) is 0 Å². The Bertz CT molecular complexity index is 429. The Balaban J connectivity index is 1.75. The van der Waals surface area contributed by atoms with Gasteiger partial charge in [-0.25, -0.2) is 0 Å². The fraction of sp³-hybridized carbons (Fsp3) is 0.533. The van der Waals surface area contributed by atoms with Gasteiger partial charge in [-0.1, -0.05) is 24.6 Å². The standard InChI is InChI=1S/C15H21NO2/c16-14(15(17)18)7-2-1-4-11-8-9-12-5-3-6-13(12)10-11/h8-10,14H,1-7,16H2,(H,17,18). The summed E-state index contributed by atoms with van der Waals surface area (Å²) < 4.78 is 0. The van der Waals surface area contributed by atoms with Gasteiger partial charge in [0.25, 0.3) is 0 Å². The molecule has 3 N–H and O–H groups in total. The lowest BCUT2D eigenvalue weighted by Crippen LogP contribution is -2.29. The number of nitrogens with two attached hydrogens (primary N) is 1. The normalized spacial score (nSPS) is 15.4. The van der Waals surface area contributed by atoms with Gasteiger partial charge in [-0.3, -0.25) is 4.79 Å². The van der Waals surface area contributed by atoms with Gasteiger partial charge in [-0.05, 0) is 55.2 Å². The van der Waals surface area contributed by atoms with E-state index in [1.165, 1.54) is 36.0 Å². The van der Waals surface area contributed by atoms with Crippen LogP contribution < -0.4 is 5.73 Å². The molecule has 0 aliphatic heterocycles. The second kappa shape index (κ2) is 6.01. The fourth-order valence-electron chi connectivity index (χ4n) is 2.60. The minimum absolute atomic E-state index is 0.570. The lowest BCUT2D eigenvalue weighted by atomic mass is 10.0. The Kier molecular flexibility index (Phi) is 4.37. The summed E-state index contributed by atoms with van der Waals surface area (Å²) in [6, 6.07) is 6.08. The van der Waals surface area contributed by atoms with Crippen molar-refractivity contribution in [2.45, 2.75) is 51.0 Å². The quantitative estimate of drug-likeness (QED) is 0.758. The zero-order chi connectivity index (χ0) is 13.0. The number of aryl methyl sites for hydroxylation is 3. The Morgan fingerprint density at radius 2 is 2.06 bits per heavy atom. The summed E-state index contributed by atoms with van der Waals surface area (Å²) in [6.45, 7) is 0. The number of carbonyl (C=O) groups is 1. The first kappa shape index (κ1) is 13.1. The van der Waals surface area contributed by atoms with Crippen LogP contribution >= 0.6 is 0 Å². The number of aliphatic carboxylic acids is 1. The van der Waals surface area contributed by atoms with Crippen LogP contribution in [0.3, 0.4) is 0 Å². The molecule has 1 aliphatic rings. The molecule has 0 fully saturated rings. The summed E-state index contributed by atoms with van der Waals surface area (Å²) in [5, 5.41) is 8.68. The third-order valence-corrected chi connectivity index (χ3v) is 3.71. The van der Waals surface area contributed by atoms with Crippen LogP contribution in [0.4, 0.5) is 0 Å². The molecule has 0 spiro atoms. The molecule has 0 saturated heterocycles. The minimum atomic E-state index is -0.896. The highest BCUT2D eigenvalue weighted by molar-refractivity contribution is 5.72. The topological polar surface area (TPSA) is 63.3 Å². The highest BCUT2D eigenvalue weighted by atomic mass is 16.4. The van der Waals surface area contributed by atoms with E-state index in [2.05, 4.69) is 18.2 Å². The number of rotatable bonds is 6. The highest BCUT2D eigenvalue weighted by Crippen LogP contribution is 2.23. The van der Waals surface area contributed by atoms with Gasteiger partial charge in [0, 0.05) is 0 Å². The first-order valence-electron chi connectivity index (χ1n) is 6.76. The summed E-state index contributed by atoms with van der Waals surface area (Å²) in [4.78, 5) is 10.6. The first-order valence-corrected chi connectivity index (χ1v) is 6.76. The molecule has 1 aromatic carbocycles. The van der Waals surface area contributed by atoms with Gasteiger partial charge in [-0.15, -0.1) is 0 Å². The van der Waals surface area contributed by atoms with Crippen molar-refractivity contribution in [3.63, 3.8) is 0 Å². The first-order chi connectivity index (χ1) is 8.66. The third-order valence-electron chi connectivity index (χ3n) is 3.71. The predicted octanol–water partition coefficient (Wildman–Crippen LogP) is 2.30. The molecule has 18 heavy (non-hydrogen) atoms. The number of hydrogen-bond donors (Lipinski definition) is 2. The maximum absolute atomic E-state index is 10.6. The average Bonchev–Trinajstić information content (AvgIpc) is 2.81. The molecular weight excluding hydrogens is 226 g/mol. The number of benzene rings is 1. The van der Waals surface area contributed by atoms with Crippen molar-refractivity contribution in [3.05, 3.63) is 34.9 Å². The summed E-state index contributed by atoms with van der Waals surface area (Å²) in [5.74, 6) is -0.896. The van der Waals surface area contributed by atoms with Crippen LogP contribution in [-0.2, 0) is 24.1 Å². The largest absolute Gasteiger partial charge is 0.480 e. The molecular formula is C15H21NO2. The predicted molar refractivity (Wildman–Crippen MR) is 71.6 cm³/mol. The molecule has 2 rings (SSSR count). The highest BCUT2D eigenvalue weighted by Gasteiger charge is 2.12. The molecule has 0 heterocycles. The molecule has 0 radical (unpaired) electrons. The van der Waals surface area contributed by atoms with E-state index in [4.69, 9.17) is 10.8 Å². The van der Waals surface area contributed by atoms with Crippen molar-refractivity contribution >= 4 is 5.97 Å². The summed E-state index contributed by atoms with van der Waals surface area (Å²) in [6.07, 6.45) is 7.21. The lowest BCUT2D eigenvalue weighted by Gasteiger charge is -2.07. The van der Waals surface area contributed by atoms with Crippen molar-refractivity contribution in [1.29, 1.82) is 0 Å². The van der Waals surface area contributed by atoms with E-state index in [1.54, 1.807) is 0 Å². The molecule has 3 heteroatoms. The van der Waals surface area contributed by atoms with E-state index < -0.39 is 12.0 Å². The van der Waals surface area contributed by atoms with E-state index in [0.717, 1.165) is 19.3 Å². The van der Waals surface area contributed by atoms with Crippen LogP contribution in [0.5, 0.6) is 0 Å². The number of carboxylic acids is 1. The lowest BCUT2D eigenvalue weighted by molar-refractivity contribution is -0.138. The Hall–Kier alpha value is -1.35. The Morgan fingerprint density at radius 1 is 1.28 bits per heavy atom. The van der Waals surface area contributed by atoms with Crippen LogP contribution in [-0.4, -0.2) is 17.1 Å². The molecule has 0 bridgehead atoms. The third kappa shape index (κ3) is 3.33. The van der Waals surface area contributed by atoms with Crippen LogP contribution in [0.25, 0.3) is 0 Å². The van der Waals surface area contributed by atoms with Gasteiger partial charge in [0.1, 0.15) is 6.04 Å². The van der Waals surface area contributed by atoms with E-state index in [9.17, 15) is 4.79 Å². The zero-order valence-corrected chi connectivity index (χ0v) is 10.7. The maximum Gasteiger partial charge on any atom is 0.320 e.